The molecule has 7 nitrogen and oxygen atoms in total. The molecule has 0 aliphatic rings. The largest absolute Gasteiger partial charge is 0.478 e. The molecule has 0 fully saturated rings. The molecule has 1 aromatic carbocycles. The topological polar surface area (TPSA) is 98.3 Å². The minimum atomic E-state index is -1.05. The summed E-state index contributed by atoms with van der Waals surface area (Å²) in [4.78, 5) is 21.7. The van der Waals surface area contributed by atoms with Gasteiger partial charge in [-0.3, -0.25) is 10.1 Å². The van der Waals surface area contributed by atoms with Crippen molar-refractivity contribution >= 4 is 11.7 Å². The molecule has 0 atom stereocenters. The van der Waals surface area contributed by atoms with E-state index in [4.69, 9.17) is 0 Å². The van der Waals surface area contributed by atoms with Crippen molar-refractivity contribution in [2.75, 3.05) is 0 Å². The number of non-ortho nitro benzene ring substituents is 1. The number of carboxylic acids is 1. The predicted molar refractivity (Wildman–Crippen MR) is 75.9 cm³/mol. The van der Waals surface area contributed by atoms with Gasteiger partial charge in [-0.15, -0.1) is 0 Å². The van der Waals surface area contributed by atoms with Crippen molar-refractivity contribution < 1.29 is 14.8 Å². The number of carboxylic acid groups (broad SMARTS) is 1. The van der Waals surface area contributed by atoms with Crippen LogP contribution >= 0.6 is 0 Å². The van der Waals surface area contributed by atoms with Gasteiger partial charge in [-0.2, -0.15) is 5.10 Å². The smallest absolute Gasteiger partial charge is 0.339 e. The van der Waals surface area contributed by atoms with Gasteiger partial charge in [-0.05, 0) is 18.9 Å². The highest BCUT2D eigenvalue weighted by molar-refractivity contribution is 5.88. The van der Waals surface area contributed by atoms with E-state index in [1.807, 2.05) is 6.92 Å². The molecule has 0 aliphatic carbocycles. The monoisotopic (exact) mass is 289 g/mol. The first kappa shape index (κ1) is 14.7. The fraction of sp³-hybridized carbons (Fsp3) is 0.286. The standard InChI is InChI=1S/C14H15N3O4/c1-3-4-12-11(14(18)19)8-15-16(12)13-7-10(17(20)21)6-5-9(13)2/h5-8H,3-4H2,1-2H3,(H,18,19). The number of hydrogen-bond acceptors (Lipinski definition) is 4. The maximum Gasteiger partial charge on any atom is 0.339 e. The SMILES string of the molecule is CCCc1c(C(=O)O)cnn1-c1cc([N+](=O)[O-])ccc1C. The Kier molecular flexibility index (Phi) is 4.02. The van der Waals surface area contributed by atoms with Crippen LogP contribution < -0.4 is 0 Å². The third kappa shape index (κ3) is 2.76. The van der Waals surface area contributed by atoms with Crippen molar-refractivity contribution in [3.63, 3.8) is 0 Å². The Morgan fingerprint density at radius 3 is 2.76 bits per heavy atom. The van der Waals surface area contributed by atoms with Gasteiger partial charge in [-0.1, -0.05) is 19.4 Å². The van der Waals surface area contributed by atoms with Crippen LogP contribution in [-0.4, -0.2) is 25.8 Å². The summed E-state index contributed by atoms with van der Waals surface area (Å²) in [6, 6.07) is 4.46. The highest BCUT2D eigenvalue weighted by Gasteiger charge is 2.19. The molecule has 2 aromatic rings. The maximum absolute atomic E-state index is 11.2. The molecule has 0 unspecified atom stereocenters. The van der Waals surface area contributed by atoms with Gasteiger partial charge in [-0.25, -0.2) is 9.48 Å². The lowest BCUT2D eigenvalue weighted by Crippen LogP contribution is -2.08. The molecule has 0 saturated carbocycles. The lowest BCUT2D eigenvalue weighted by molar-refractivity contribution is -0.384. The molecular formula is C14H15N3O4. The van der Waals surface area contributed by atoms with Gasteiger partial charge in [0.15, 0.2) is 0 Å². The van der Waals surface area contributed by atoms with Crippen molar-refractivity contribution in [1.82, 2.24) is 9.78 Å². The van der Waals surface area contributed by atoms with E-state index in [-0.39, 0.29) is 11.3 Å². The van der Waals surface area contributed by atoms with Crippen LogP contribution in [0.3, 0.4) is 0 Å². The normalized spacial score (nSPS) is 10.6. The van der Waals surface area contributed by atoms with E-state index in [2.05, 4.69) is 5.10 Å². The molecule has 7 heteroatoms. The van der Waals surface area contributed by atoms with E-state index in [0.29, 0.717) is 17.8 Å². The van der Waals surface area contributed by atoms with Crippen molar-refractivity contribution in [2.24, 2.45) is 0 Å². The summed E-state index contributed by atoms with van der Waals surface area (Å²) in [5, 5.41) is 24.2. The zero-order valence-corrected chi connectivity index (χ0v) is 11.7. The van der Waals surface area contributed by atoms with Crippen LogP contribution in [0.2, 0.25) is 0 Å². The zero-order chi connectivity index (χ0) is 15.6. The summed E-state index contributed by atoms with van der Waals surface area (Å²) in [5.41, 5.74) is 1.94. The fourth-order valence-electron chi connectivity index (χ4n) is 2.18. The van der Waals surface area contributed by atoms with Crippen LogP contribution in [-0.2, 0) is 6.42 Å². The second-order valence-electron chi connectivity index (χ2n) is 4.70. The minimum absolute atomic E-state index is 0.0505. The second kappa shape index (κ2) is 5.74. The first-order valence-corrected chi connectivity index (χ1v) is 6.51. The third-order valence-electron chi connectivity index (χ3n) is 3.22. The molecule has 0 bridgehead atoms. The quantitative estimate of drug-likeness (QED) is 0.674. The Balaban J connectivity index is 2.63. The van der Waals surface area contributed by atoms with Gasteiger partial charge in [0, 0.05) is 12.1 Å². The minimum Gasteiger partial charge on any atom is -0.478 e. The molecule has 21 heavy (non-hydrogen) atoms. The highest BCUT2D eigenvalue weighted by atomic mass is 16.6. The Morgan fingerprint density at radius 1 is 1.48 bits per heavy atom. The molecule has 1 heterocycles. The van der Waals surface area contributed by atoms with E-state index in [1.165, 1.54) is 23.0 Å². The van der Waals surface area contributed by atoms with Crippen molar-refractivity contribution in [3.8, 4) is 5.69 Å². The molecule has 2 rings (SSSR count). The number of aromatic nitrogens is 2. The number of nitro groups is 1. The molecule has 0 spiro atoms. The molecule has 0 radical (unpaired) electrons. The number of rotatable bonds is 5. The van der Waals surface area contributed by atoms with E-state index in [0.717, 1.165) is 12.0 Å². The molecule has 1 aromatic heterocycles. The van der Waals surface area contributed by atoms with E-state index >= 15 is 0 Å². The lowest BCUT2D eigenvalue weighted by Gasteiger charge is -2.10. The fourth-order valence-corrected chi connectivity index (χ4v) is 2.18. The summed E-state index contributed by atoms with van der Waals surface area (Å²) in [5.74, 6) is -1.05. The van der Waals surface area contributed by atoms with Crippen LogP contribution in [0.4, 0.5) is 5.69 Å². The van der Waals surface area contributed by atoms with Gasteiger partial charge >= 0.3 is 5.97 Å². The molecular weight excluding hydrogens is 274 g/mol. The molecule has 0 saturated heterocycles. The van der Waals surface area contributed by atoms with Gasteiger partial charge in [0.05, 0.1) is 22.5 Å². The van der Waals surface area contributed by atoms with Crippen molar-refractivity contribution in [3.05, 3.63) is 51.3 Å². The average molecular weight is 289 g/mol. The zero-order valence-electron chi connectivity index (χ0n) is 11.7. The average Bonchev–Trinajstić information content (AvgIpc) is 2.83. The Hall–Kier alpha value is -2.70. The van der Waals surface area contributed by atoms with E-state index < -0.39 is 10.9 Å². The molecule has 0 amide bonds. The summed E-state index contributed by atoms with van der Waals surface area (Å²) in [6.07, 6.45) is 2.56. The van der Waals surface area contributed by atoms with E-state index in [9.17, 15) is 20.0 Å². The van der Waals surface area contributed by atoms with Crippen molar-refractivity contribution in [2.45, 2.75) is 26.7 Å². The first-order chi connectivity index (χ1) is 9.95. The van der Waals surface area contributed by atoms with Crippen molar-refractivity contribution in [1.29, 1.82) is 0 Å². The first-order valence-electron chi connectivity index (χ1n) is 6.51. The van der Waals surface area contributed by atoms with Gasteiger partial charge < -0.3 is 5.11 Å². The summed E-state index contributed by atoms with van der Waals surface area (Å²) in [6.45, 7) is 3.74. The molecule has 0 aliphatic heterocycles. The van der Waals surface area contributed by atoms with Crippen LogP contribution in [0.1, 0.15) is 35.0 Å². The predicted octanol–water partition coefficient (Wildman–Crippen LogP) is 2.74. The van der Waals surface area contributed by atoms with Gasteiger partial charge in [0.2, 0.25) is 0 Å². The number of hydrogen-bond donors (Lipinski definition) is 1. The number of benzene rings is 1. The summed E-state index contributed by atoms with van der Waals surface area (Å²) >= 11 is 0. The lowest BCUT2D eigenvalue weighted by atomic mass is 10.1. The number of nitrogens with zero attached hydrogens (tertiary/aromatic N) is 3. The number of aryl methyl sites for hydroxylation is 1. The van der Waals surface area contributed by atoms with E-state index in [1.54, 1.807) is 13.0 Å². The van der Waals surface area contributed by atoms with Gasteiger partial charge in [0.25, 0.3) is 5.69 Å². The number of nitro benzene ring substituents is 1. The summed E-state index contributed by atoms with van der Waals surface area (Å²) < 4.78 is 1.48. The summed E-state index contributed by atoms with van der Waals surface area (Å²) in [7, 11) is 0. The highest BCUT2D eigenvalue weighted by Crippen LogP contribution is 2.24. The second-order valence-corrected chi connectivity index (χ2v) is 4.70. The van der Waals surface area contributed by atoms with Crippen LogP contribution in [0.15, 0.2) is 24.4 Å². The van der Waals surface area contributed by atoms with Gasteiger partial charge in [0.1, 0.15) is 5.56 Å². The molecule has 1 N–H and O–H groups in total. The number of aromatic carboxylic acids is 1. The van der Waals surface area contributed by atoms with Crippen LogP contribution in [0.25, 0.3) is 5.69 Å². The third-order valence-corrected chi connectivity index (χ3v) is 3.22. The van der Waals surface area contributed by atoms with Crippen LogP contribution in [0.5, 0.6) is 0 Å². The van der Waals surface area contributed by atoms with Crippen LogP contribution in [0, 0.1) is 17.0 Å². The maximum atomic E-state index is 11.2. The number of carbonyl (C=O) groups is 1. The Morgan fingerprint density at radius 2 is 2.19 bits per heavy atom. The molecule has 110 valence electrons. The Bertz CT molecular complexity index is 706. The Labute approximate surface area is 121 Å².